The van der Waals surface area contributed by atoms with E-state index in [9.17, 15) is 13.2 Å². The van der Waals surface area contributed by atoms with Crippen LogP contribution in [0.3, 0.4) is 0 Å². The Labute approximate surface area is 138 Å². The van der Waals surface area contributed by atoms with E-state index in [1.54, 1.807) is 12.1 Å². The van der Waals surface area contributed by atoms with Crippen molar-refractivity contribution >= 4 is 0 Å². The van der Waals surface area contributed by atoms with Gasteiger partial charge in [0.25, 0.3) is 0 Å². The Balaban J connectivity index is 3.62. The number of benzene rings is 1. The zero-order valence-corrected chi connectivity index (χ0v) is 15.1. The van der Waals surface area contributed by atoms with Crippen molar-refractivity contribution in [3.63, 3.8) is 0 Å². The van der Waals surface area contributed by atoms with E-state index in [0.717, 1.165) is 11.1 Å². The fraction of sp³-hybridized carbons (Fsp3) is 0.684. The molecule has 0 fully saturated rings. The SMILES string of the molecule is CC(C)(C)c1cccc(C(CCCN)C(F)(F)F)c1C(C)(C)C. The van der Waals surface area contributed by atoms with E-state index in [2.05, 4.69) is 0 Å². The third kappa shape index (κ3) is 4.97. The zero-order chi connectivity index (χ0) is 18.1. The first-order valence-corrected chi connectivity index (χ1v) is 8.20. The van der Waals surface area contributed by atoms with Crippen LogP contribution in [0.4, 0.5) is 13.2 Å². The molecule has 0 radical (unpaired) electrons. The van der Waals surface area contributed by atoms with Gasteiger partial charge in [0, 0.05) is 0 Å². The van der Waals surface area contributed by atoms with Gasteiger partial charge in [-0.3, -0.25) is 0 Å². The second kappa shape index (κ2) is 6.84. The molecule has 23 heavy (non-hydrogen) atoms. The predicted octanol–water partition coefficient (Wildman–Crippen LogP) is 5.67. The molecule has 1 aromatic carbocycles. The van der Waals surface area contributed by atoms with Gasteiger partial charge < -0.3 is 5.73 Å². The van der Waals surface area contributed by atoms with Gasteiger partial charge in [0.2, 0.25) is 0 Å². The van der Waals surface area contributed by atoms with Crippen LogP contribution in [0.2, 0.25) is 0 Å². The highest BCUT2D eigenvalue weighted by Crippen LogP contribution is 2.45. The van der Waals surface area contributed by atoms with Gasteiger partial charge >= 0.3 is 6.18 Å². The average molecular weight is 329 g/mol. The smallest absolute Gasteiger partial charge is 0.330 e. The van der Waals surface area contributed by atoms with Gasteiger partial charge in [-0.25, -0.2) is 0 Å². The van der Waals surface area contributed by atoms with Crippen LogP contribution in [0.1, 0.15) is 77.0 Å². The normalized spacial score (nSPS) is 14.9. The lowest BCUT2D eigenvalue weighted by molar-refractivity contribution is -0.152. The van der Waals surface area contributed by atoms with E-state index in [1.807, 2.05) is 47.6 Å². The molecular formula is C19H30F3N. The molecule has 0 aromatic heterocycles. The molecule has 0 saturated carbocycles. The molecule has 0 aliphatic rings. The highest BCUT2D eigenvalue weighted by Gasteiger charge is 2.43. The quantitative estimate of drug-likeness (QED) is 0.757. The summed E-state index contributed by atoms with van der Waals surface area (Å²) in [6.45, 7) is 12.4. The van der Waals surface area contributed by atoms with Gasteiger partial charge in [-0.1, -0.05) is 59.7 Å². The van der Waals surface area contributed by atoms with Crippen molar-refractivity contribution in [1.82, 2.24) is 0 Å². The fourth-order valence-corrected chi connectivity index (χ4v) is 3.14. The van der Waals surface area contributed by atoms with Crippen molar-refractivity contribution in [1.29, 1.82) is 0 Å². The van der Waals surface area contributed by atoms with Crippen LogP contribution in [0, 0.1) is 0 Å². The molecule has 0 bridgehead atoms. The Morgan fingerprint density at radius 2 is 1.52 bits per heavy atom. The first-order valence-electron chi connectivity index (χ1n) is 8.20. The van der Waals surface area contributed by atoms with Crippen molar-refractivity contribution in [3.05, 3.63) is 34.9 Å². The van der Waals surface area contributed by atoms with Crippen molar-refractivity contribution in [3.8, 4) is 0 Å². The minimum atomic E-state index is -4.26. The summed E-state index contributed by atoms with van der Waals surface area (Å²) in [7, 11) is 0. The molecular weight excluding hydrogens is 299 g/mol. The summed E-state index contributed by atoms with van der Waals surface area (Å²) < 4.78 is 41.1. The Bertz CT molecular complexity index is 519. The minimum absolute atomic E-state index is 0.0384. The highest BCUT2D eigenvalue weighted by atomic mass is 19.4. The number of rotatable bonds is 4. The Morgan fingerprint density at radius 3 is 1.91 bits per heavy atom. The second-order valence-corrected chi connectivity index (χ2v) is 8.29. The van der Waals surface area contributed by atoms with Crippen molar-refractivity contribution in [2.24, 2.45) is 5.73 Å². The molecule has 0 aliphatic carbocycles. The van der Waals surface area contributed by atoms with Gasteiger partial charge in [0.15, 0.2) is 0 Å². The molecule has 0 amide bonds. The maximum atomic E-state index is 13.7. The van der Waals surface area contributed by atoms with E-state index in [1.165, 1.54) is 0 Å². The van der Waals surface area contributed by atoms with Crippen molar-refractivity contribution < 1.29 is 13.2 Å². The van der Waals surface area contributed by atoms with Crippen LogP contribution in [0.25, 0.3) is 0 Å². The predicted molar refractivity (Wildman–Crippen MR) is 90.9 cm³/mol. The lowest BCUT2D eigenvalue weighted by Gasteiger charge is -2.35. The largest absolute Gasteiger partial charge is 0.395 e. The number of alkyl halides is 3. The van der Waals surface area contributed by atoms with Crippen LogP contribution in [-0.2, 0) is 10.8 Å². The topological polar surface area (TPSA) is 26.0 Å². The number of nitrogens with two attached hydrogens (primary N) is 1. The Kier molecular flexibility index (Phi) is 5.95. The third-order valence-electron chi connectivity index (χ3n) is 4.12. The molecule has 1 aromatic rings. The van der Waals surface area contributed by atoms with Gasteiger partial charge in [0.1, 0.15) is 0 Å². The molecule has 0 spiro atoms. The lowest BCUT2D eigenvalue weighted by Crippen LogP contribution is -2.29. The summed E-state index contributed by atoms with van der Waals surface area (Å²) in [6.07, 6.45) is -3.85. The summed E-state index contributed by atoms with van der Waals surface area (Å²) in [5, 5.41) is 0. The molecule has 0 saturated heterocycles. The van der Waals surface area contributed by atoms with E-state index >= 15 is 0 Å². The maximum Gasteiger partial charge on any atom is 0.395 e. The van der Waals surface area contributed by atoms with Crippen LogP contribution in [0.5, 0.6) is 0 Å². The molecule has 4 heteroatoms. The number of halogens is 3. The van der Waals surface area contributed by atoms with Crippen LogP contribution in [-0.4, -0.2) is 12.7 Å². The Hall–Kier alpha value is -1.03. The lowest BCUT2D eigenvalue weighted by atomic mass is 9.70. The molecule has 1 nitrogen and oxygen atoms in total. The van der Waals surface area contributed by atoms with E-state index in [0.29, 0.717) is 12.0 Å². The standard InChI is InChI=1S/C19H30F3N/c1-17(2,3)15-10-7-9-13(16(15)18(4,5)6)14(11-8-12-23)19(20,21)22/h7,9-10,14H,8,11-12,23H2,1-6H3. The van der Waals surface area contributed by atoms with Crippen LogP contribution >= 0.6 is 0 Å². The molecule has 1 unspecified atom stereocenters. The Morgan fingerprint density at radius 1 is 0.957 bits per heavy atom. The molecule has 132 valence electrons. The molecule has 0 heterocycles. The van der Waals surface area contributed by atoms with E-state index in [-0.39, 0.29) is 23.8 Å². The van der Waals surface area contributed by atoms with Crippen molar-refractivity contribution in [2.45, 2.75) is 77.3 Å². The first kappa shape index (κ1) is 20.0. The van der Waals surface area contributed by atoms with E-state index < -0.39 is 12.1 Å². The molecule has 0 aliphatic heterocycles. The second-order valence-electron chi connectivity index (χ2n) is 8.29. The maximum absolute atomic E-state index is 13.7. The average Bonchev–Trinajstić information content (AvgIpc) is 2.35. The zero-order valence-electron chi connectivity index (χ0n) is 15.1. The van der Waals surface area contributed by atoms with Gasteiger partial charge in [-0.2, -0.15) is 13.2 Å². The molecule has 1 atom stereocenters. The third-order valence-corrected chi connectivity index (χ3v) is 4.12. The van der Waals surface area contributed by atoms with Gasteiger partial charge in [-0.15, -0.1) is 0 Å². The van der Waals surface area contributed by atoms with Crippen molar-refractivity contribution in [2.75, 3.05) is 6.54 Å². The van der Waals surface area contributed by atoms with E-state index in [4.69, 9.17) is 5.73 Å². The van der Waals surface area contributed by atoms with Crippen LogP contribution < -0.4 is 5.73 Å². The minimum Gasteiger partial charge on any atom is -0.330 e. The summed E-state index contributed by atoms with van der Waals surface area (Å²) >= 11 is 0. The summed E-state index contributed by atoms with van der Waals surface area (Å²) in [5.74, 6) is -1.46. The monoisotopic (exact) mass is 329 g/mol. The van der Waals surface area contributed by atoms with Gasteiger partial charge in [0.05, 0.1) is 5.92 Å². The van der Waals surface area contributed by atoms with Crippen LogP contribution in [0.15, 0.2) is 18.2 Å². The summed E-state index contributed by atoms with van der Waals surface area (Å²) in [6, 6.07) is 5.36. The fourth-order valence-electron chi connectivity index (χ4n) is 3.14. The molecule has 2 N–H and O–H groups in total. The molecule has 1 rings (SSSR count). The number of hydrogen-bond acceptors (Lipinski definition) is 1. The first-order chi connectivity index (χ1) is 10.3. The summed E-state index contributed by atoms with van der Waals surface area (Å²) in [4.78, 5) is 0. The summed E-state index contributed by atoms with van der Waals surface area (Å²) in [5.41, 5.74) is 7.12. The number of hydrogen-bond donors (Lipinski definition) is 1. The van der Waals surface area contributed by atoms with Gasteiger partial charge in [-0.05, 0) is 46.9 Å². The highest BCUT2D eigenvalue weighted by molar-refractivity contribution is 5.45.